The minimum atomic E-state index is -0.108. The van der Waals surface area contributed by atoms with Crippen LogP contribution in [0, 0.1) is 0 Å². The van der Waals surface area contributed by atoms with E-state index in [9.17, 15) is 0 Å². The van der Waals surface area contributed by atoms with Crippen LogP contribution in [0.4, 0.5) is 0 Å². The van der Waals surface area contributed by atoms with Crippen LogP contribution in [0.1, 0.15) is 51.7 Å². The van der Waals surface area contributed by atoms with Gasteiger partial charge in [-0.05, 0) is 33.4 Å². The van der Waals surface area contributed by atoms with Crippen molar-refractivity contribution in [2.24, 2.45) is 0 Å². The van der Waals surface area contributed by atoms with Gasteiger partial charge in [-0.15, -0.1) is 0 Å². The molecule has 6 aromatic rings. The maximum absolute atomic E-state index is 8.88. The average Bonchev–Trinajstić information content (AvgIpc) is 3.16. The summed E-state index contributed by atoms with van der Waals surface area (Å²) >= 11 is 0. The van der Waals surface area contributed by atoms with Gasteiger partial charge in [-0.25, -0.2) is 0 Å². The maximum Gasteiger partial charge on any atom is 0.108 e. The molecule has 0 radical (unpaired) electrons. The lowest BCUT2D eigenvalue weighted by Gasteiger charge is -2.22. The normalized spacial score (nSPS) is 11.0. The van der Waals surface area contributed by atoms with E-state index in [1.54, 1.807) is 0 Å². The molecule has 0 aliphatic rings. The molecule has 0 atom stereocenters. The van der Waals surface area contributed by atoms with Gasteiger partial charge < -0.3 is 19.3 Å². The van der Waals surface area contributed by atoms with Gasteiger partial charge in [0.05, 0.1) is 26.4 Å². The molecule has 0 amide bonds. The molecular weight excluding hydrogens is 580 g/mol. The lowest BCUT2D eigenvalue weighted by atomic mass is 10.0. The van der Waals surface area contributed by atoms with Gasteiger partial charge in [0.25, 0.3) is 0 Å². The Balaban J connectivity index is 0.000000216. The van der Waals surface area contributed by atoms with Gasteiger partial charge >= 0.3 is 0 Å². The molecule has 0 fully saturated rings. The highest BCUT2D eigenvalue weighted by Gasteiger charge is 2.17. The highest BCUT2D eigenvalue weighted by Crippen LogP contribution is 2.28. The molecule has 238 valence electrons. The van der Waals surface area contributed by atoms with Crippen molar-refractivity contribution in [3.05, 3.63) is 215 Å². The van der Waals surface area contributed by atoms with Crippen molar-refractivity contribution in [3.8, 4) is 0 Å². The Morgan fingerprint density at radius 1 is 0.298 bits per heavy atom. The Bertz CT molecular complexity index is 1440. The van der Waals surface area contributed by atoms with Gasteiger partial charge in [0, 0.05) is 0 Å². The molecule has 0 saturated carbocycles. The third kappa shape index (κ3) is 10.3. The molecule has 0 heterocycles. The molecule has 4 heteroatoms. The van der Waals surface area contributed by atoms with E-state index in [1.807, 2.05) is 133 Å². The quantitative estimate of drug-likeness (QED) is 0.123. The zero-order valence-corrected chi connectivity index (χ0v) is 26.6. The van der Waals surface area contributed by atoms with Crippen LogP contribution in [0.5, 0.6) is 0 Å². The topological polar surface area (TPSA) is 47.9 Å². The van der Waals surface area contributed by atoms with E-state index in [2.05, 4.69) is 48.5 Å². The largest absolute Gasteiger partial charge is 0.394 e. The molecule has 0 aliphatic heterocycles. The summed E-state index contributed by atoms with van der Waals surface area (Å²) in [6, 6.07) is 61.4. The van der Waals surface area contributed by atoms with E-state index in [-0.39, 0.29) is 24.9 Å². The Kier molecular flexibility index (Phi) is 13.5. The van der Waals surface area contributed by atoms with Crippen LogP contribution in [-0.2, 0) is 14.2 Å². The van der Waals surface area contributed by atoms with Crippen LogP contribution in [0.2, 0.25) is 0 Å². The van der Waals surface area contributed by atoms with E-state index in [1.165, 1.54) is 0 Å². The van der Waals surface area contributed by atoms with Crippen molar-refractivity contribution in [1.82, 2.24) is 0 Å². The number of hydrogen-bond donors (Lipinski definition) is 1. The Morgan fingerprint density at radius 2 is 0.489 bits per heavy atom. The van der Waals surface area contributed by atoms with Crippen molar-refractivity contribution < 1.29 is 19.3 Å². The minimum absolute atomic E-state index is 0.0379. The van der Waals surface area contributed by atoms with E-state index in [4.69, 9.17) is 19.3 Å². The maximum atomic E-state index is 8.88. The molecule has 0 saturated heterocycles. The highest BCUT2D eigenvalue weighted by molar-refractivity contribution is 5.32. The summed E-state index contributed by atoms with van der Waals surface area (Å²) in [6.45, 7) is 1.39. The van der Waals surface area contributed by atoms with Gasteiger partial charge in [-0.1, -0.05) is 182 Å². The molecule has 0 aromatic heterocycles. The fraction of sp³-hybridized carbons (Fsp3) is 0.163. The van der Waals surface area contributed by atoms with E-state index in [0.29, 0.717) is 19.8 Å². The lowest BCUT2D eigenvalue weighted by Crippen LogP contribution is -2.14. The van der Waals surface area contributed by atoms with Crippen LogP contribution in [0.3, 0.4) is 0 Å². The van der Waals surface area contributed by atoms with Crippen LogP contribution in [0.15, 0.2) is 182 Å². The molecule has 6 aromatic carbocycles. The van der Waals surface area contributed by atoms with Gasteiger partial charge in [-0.3, -0.25) is 0 Å². The van der Waals surface area contributed by atoms with E-state index in [0.717, 1.165) is 33.4 Å². The van der Waals surface area contributed by atoms with E-state index >= 15 is 0 Å². The van der Waals surface area contributed by atoms with Crippen molar-refractivity contribution in [1.29, 1.82) is 0 Å². The third-order valence-corrected chi connectivity index (χ3v) is 7.64. The van der Waals surface area contributed by atoms with Crippen molar-refractivity contribution >= 4 is 0 Å². The van der Waals surface area contributed by atoms with Crippen LogP contribution >= 0.6 is 0 Å². The van der Waals surface area contributed by atoms with Crippen LogP contribution < -0.4 is 0 Å². The number of ether oxygens (including phenoxy) is 3. The number of rotatable bonds is 14. The zero-order valence-electron chi connectivity index (χ0n) is 26.6. The predicted octanol–water partition coefficient (Wildman–Crippen LogP) is 9.38. The Morgan fingerprint density at radius 3 is 0.681 bits per heavy atom. The molecule has 4 nitrogen and oxygen atoms in total. The molecule has 6 rings (SSSR count). The molecule has 0 aliphatic carbocycles. The molecule has 1 N–H and O–H groups in total. The number of hydrogen-bond acceptors (Lipinski definition) is 4. The second-order valence-electron chi connectivity index (χ2n) is 10.9. The first-order chi connectivity index (χ1) is 23.3. The smallest absolute Gasteiger partial charge is 0.108 e. The fourth-order valence-corrected chi connectivity index (χ4v) is 5.42. The summed E-state index contributed by atoms with van der Waals surface area (Å²) in [4.78, 5) is 0. The average molecular weight is 623 g/mol. The van der Waals surface area contributed by atoms with E-state index < -0.39 is 0 Å². The molecule has 0 unspecified atom stereocenters. The second kappa shape index (κ2) is 19.0. The monoisotopic (exact) mass is 622 g/mol. The summed E-state index contributed by atoms with van der Waals surface area (Å²) in [5.74, 6) is 0. The van der Waals surface area contributed by atoms with Gasteiger partial charge in [0.15, 0.2) is 0 Å². The number of aliphatic hydroxyl groups is 1. The lowest BCUT2D eigenvalue weighted by molar-refractivity contribution is -0.000904. The molecule has 0 bridgehead atoms. The standard InChI is InChI=1S/C28H26O2.C15H16O2/c1-5-13-23(14-6-1)27(24-15-7-2-8-16-24)29-21-22-30-28(25-17-9-3-10-18-25)26-19-11-4-12-20-26;16-11-12-17-15(13-7-3-1-4-8-13)14-9-5-2-6-10-14/h1-20,27-28H,21-22H2;1-10,15-16H,11-12H2. The first-order valence-electron chi connectivity index (χ1n) is 16.1. The summed E-state index contributed by atoms with van der Waals surface area (Å²) in [5, 5.41) is 8.88. The number of aliphatic hydroxyl groups excluding tert-OH is 1. The van der Waals surface area contributed by atoms with Gasteiger partial charge in [-0.2, -0.15) is 0 Å². The van der Waals surface area contributed by atoms with Crippen LogP contribution in [0.25, 0.3) is 0 Å². The molecule has 0 spiro atoms. The third-order valence-electron chi connectivity index (χ3n) is 7.64. The minimum Gasteiger partial charge on any atom is -0.394 e. The fourth-order valence-electron chi connectivity index (χ4n) is 5.42. The molecule has 47 heavy (non-hydrogen) atoms. The molecular formula is C43H42O4. The van der Waals surface area contributed by atoms with Crippen molar-refractivity contribution in [2.75, 3.05) is 26.4 Å². The summed E-state index contributed by atoms with van der Waals surface area (Å²) in [6.07, 6.45) is -0.324. The van der Waals surface area contributed by atoms with Gasteiger partial charge in [0.2, 0.25) is 0 Å². The first kappa shape index (κ1) is 33.5. The number of benzene rings is 6. The summed E-state index contributed by atoms with van der Waals surface area (Å²) in [7, 11) is 0. The summed E-state index contributed by atoms with van der Waals surface area (Å²) in [5.41, 5.74) is 6.79. The van der Waals surface area contributed by atoms with Crippen molar-refractivity contribution in [2.45, 2.75) is 18.3 Å². The summed E-state index contributed by atoms with van der Waals surface area (Å²) < 4.78 is 18.3. The Hall–Kier alpha value is -4.84. The van der Waals surface area contributed by atoms with Crippen molar-refractivity contribution in [3.63, 3.8) is 0 Å². The highest BCUT2D eigenvalue weighted by atomic mass is 16.5. The zero-order chi connectivity index (χ0) is 32.4. The first-order valence-corrected chi connectivity index (χ1v) is 16.1. The van der Waals surface area contributed by atoms with Crippen LogP contribution in [-0.4, -0.2) is 31.5 Å². The second-order valence-corrected chi connectivity index (χ2v) is 10.9. The SMILES string of the molecule is OCCOC(c1ccccc1)c1ccccc1.c1ccc(C(OCCOC(c2ccccc2)c2ccccc2)c2ccccc2)cc1. The van der Waals surface area contributed by atoms with Gasteiger partial charge in [0.1, 0.15) is 18.3 Å². The Labute approximate surface area is 278 Å². The predicted molar refractivity (Wildman–Crippen MR) is 189 cm³/mol.